The van der Waals surface area contributed by atoms with E-state index in [1.807, 2.05) is 0 Å². The topological polar surface area (TPSA) is 42.6 Å². The van der Waals surface area contributed by atoms with E-state index in [0.29, 0.717) is 30.3 Å². The maximum Gasteiger partial charge on any atom is 0.100 e. The van der Waals surface area contributed by atoms with Crippen molar-refractivity contribution >= 4 is 0 Å². The summed E-state index contributed by atoms with van der Waals surface area (Å²) in [5.41, 5.74) is 3.58. The zero-order valence-electron chi connectivity index (χ0n) is 16.0. The van der Waals surface area contributed by atoms with Crippen LogP contribution in [0.15, 0.2) is 0 Å². The largest absolute Gasteiger partial charge is 0.310 e. The molecule has 2 bridgehead atoms. The normalized spacial score (nSPS) is 48.1. The molecule has 0 radical (unpaired) electrons. The maximum atomic E-state index is 14.3. The van der Waals surface area contributed by atoms with Crippen LogP contribution in [0.2, 0.25) is 0 Å². The van der Waals surface area contributed by atoms with Crippen LogP contribution >= 0.6 is 0 Å². The van der Waals surface area contributed by atoms with E-state index >= 15 is 0 Å². The molecule has 0 aromatic heterocycles. The first-order valence-electron chi connectivity index (χ1n) is 11.2. The molecule has 5 rings (SSSR count). The van der Waals surface area contributed by atoms with Crippen molar-refractivity contribution in [2.24, 2.45) is 11.8 Å². The van der Waals surface area contributed by atoms with Gasteiger partial charge in [-0.15, -0.1) is 0 Å². The number of halogens is 1. The lowest BCUT2D eigenvalue weighted by Crippen LogP contribution is -2.65. The van der Waals surface area contributed by atoms with Crippen LogP contribution in [0.3, 0.4) is 0 Å². The Morgan fingerprint density at radius 1 is 0.923 bits per heavy atom. The summed E-state index contributed by atoms with van der Waals surface area (Å²) >= 11 is 0. The molecule has 7 atom stereocenters. The number of fused-ring (bicyclic) bond motifs is 5. The lowest BCUT2D eigenvalue weighted by atomic mass is 9.71. The lowest BCUT2D eigenvalue weighted by Gasteiger charge is -2.47. The molecular formula is C20H36FN5. The SMILES string of the molecule is FC1CCC2CCCCNC3CNN4CCC(NC34)N3CCCC3C2C1. The van der Waals surface area contributed by atoms with Crippen molar-refractivity contribution in [2.75, 3.05) is 26.2 Å². The molecule has 5 fully saturated rings. The number of hydrogen-bond donors (Lipinski definition) is 3. The van der Waals surface area contributed by atoms with Gasteiger partial charge in [0.25, 0.3) is 0 Å². The van der Waals surface area contributed by atoms with Gasteiger partial charge in [0.05, 0.1) is 18.4 Å². The summed E-state index contributed by atoms with van der Waals surface area (Å²) in [7, 11) is 0. The molecule has 0 amide bonds. The van der Waals surface area contributed by atoms with Crippen LogP contribution in [0, 0.1) is 11.8 Å². The highest BCUT2D eigenvalue weighted by Crippen LogP contribution is 2.42. The molecule has 148 valence electrons. The number of alkyl halides is 1. The number of hydrazine groups is 1. The van der Waals surface area contributed by atoms with Gasteiger partial charge in [0.2, 0.25) is 0 Å². The van der Waals surface area contributed by atoms with Crippen LogP contribution in [0.25, 0.3) is 0 Å². The van der Waals surface area contributed by atoms with E-state index in [1.165, 1.54) is 45.1 Å². The van der Waals surface area contributed by atoms with Gasteiger partial charge in [-0.1, -0.05) is 12.8 Å². The third-order valence-corrected chi connectivity index (χ3v) is 7.87. The molecule has 5 aliphatic rings. The molecule has 3 N–H and O–H groups in total. The predicted octanol–water partition coefficient (Wildman–Crippen LogP) is 1.81. The molecule has 4 aliphatic heterocycles. The van der Waals surface area contributed by atoms with Crippen molar-refractivity contribution in [3.8, 4) is 0 Å². The zero-order chi connectivity index (χ0) is 17.5. The molecule has 0 aromatic rings. The van der Waals surface area contributed by atoms with Gasteiger partial charge in [-0.2, -0.15) is 0 Å². The molecule has 7 unspecified atom stereocenters. The van der Waals surface area contributed by atoms with E-state index in [2.05, 4.69) is 26.0 Å². The summed E-state index contributed by atoms with van der Waals surface area (Å²) in [5, 5.41) is 10.2. The summed E-state index contributed by atoms with van der Waals surface area (Å²) in [5.74, 6) is 1.32. The summed E-state index contributed by atoms with van der Waals surface area (Å²) in [4.78, 5) is 2.75. The van der Waals surface area contributed by atoms with Gasteiger partial charge in [0.15, 0.2) is 0 Å². The van der Waals surface area contributed by atoms with E-state index in [-0.39, 0.29) is 0 Å². The highest BCUT2D eigenvalue weighted by molar-refractivity contribution is 4.99. The van der Waals surface area contributed by atoms with Crippen LogP contribution in [0.1, 0.15) is 57.8 Å². The average molecular weight is 366 g/mol. The second-order valence-electron chi connectivity index (χ2n) is 9.31. The average Bonchev–Trinajstić information content (AvgIpc) is 3.28. The van der Waals surface area contributed by atoms with Crippen LogP contribution in [-0.4, -0.2) is 66.7 Å². The Labute approximate surface area is 157 Å². The highest BCUT2D eigenvalue weighted by atomic mass is 19.1. The number of nitrogens with zero attached hydrogens (tertiary/aromatic N) is 2. The van der Waals surface area contributed by atoms with Crippen LogP contribution in [0.5, 0.6) is 0 Å². The van der Waals surface area contributed by atoms with Crippen molar-refractivity contribution in [3.63, 3.8) is 0 Å². The minimum Gasteiger partial charge on any atom is -0.310 e. The van der Waals surface area contributed by atoms with Crippen LogP contribution in [-0.2, 0) is 0 Å². The highest BCUT2D eigenvalue weighted by Gasteiger charge is 2.45. The number of hydrogen-bond acceptors (Lipinski definition) is 5. The van der Waals surface area contributed by atoms with Crippen molar-refractivity contribution in [2.45, 2.75) is 88.4 Å². The Hall–Kier alpha value is -0.270. The Morgan fingerprint density at radius 2 is 1.88 bits per heavy atom. The standard InChI is InChI=1S/C20H36FN5/c21-15-7-6-14-4-1-2-9-22-17-13-23-26-11-8-19(24-20(17)26)25-10-3-5-18(25)16(14)12-15/h14-20,22-24H,1-13H2. The molecule has 26 heavy (non-hydrogen) atoms. The van der Waals surface area contributed by atoms with Gasteiger partial charge in [0.1, 0.15) is 6.17 Å². The van der Waals surface area contributed by atoms with Crippen molar-refractivity contribution in [1.82, 2.24) is 26.0 Å². The van der Waals surface area contributed by atoms with Gasteiger partial charge in [-0.25, -0.2) is 9.40 Å². The molecule has 4 heterocycles. The Balaban J connectivity index is 1.39. The Kier molecular flexibility index (Phi) is 5.22. The Morgan fingerprint density at radius 3 is 2.85 bits per heavy atom. The van der Waals surface area contributed by atoms with Crippen molar-refractivity contribution < 1.29 is 4.39 Å². The molecule has 6 heteroatoms. The van der Waals surface area contributed by atoms with E-state index in [9.17, 15) is 4.39 Å². The van der Waals surface area contributed by atoms with E-state index in [4.69, 9.17) is 0 Å². The summed E-state index contributed by atoms with van der Waals surface area (Å²) < 4.78 is 14.3. The third kappa shape index (κ3) is 3.32. The summed E-state index contributed by atoms with van der Waals surface area (Å²) in [6, 6.07) is 1.10. The first-order chi connectivity index (χ1) is 12.8. The second kappa shape index (κ2) is 7.63. The minimum atomic E-state index is -0.561. The summed E-state index contributed by atoms with van der Waals surface area (Å²) in [6.07, 6.45) is 10.6. The van der Waals surface area contributed by atoms with E-state index in [1.54, 1.807) is 0 Å². The Bertz CT molecular complexity index is 491. The first-order valence-corrected chi connectivity index (χ1v) is 11.2. The molecule has 1 aliphatic carbocycles. The lowest BCUT2D eigenvalue weighted by molar-refractivity contribution is -0.00877. The van der Waals surface area contributed by atoms with Crippen LogP contribution in [0.4, 0.5) is 4.39 Å². The van der Waals surface area contributed by atoms with E-state index < -0.39 is 6.17 Å². The fraction of sp³-hybridized carbons (Fsp3) is 1.00. The van der Waals surface area contributed by atoms with Crippen LogP contribution < -0.4 is 16.1 Å². The fourth-order valence-electron chi connectivity index (χ4n) is 6.58. The van der Waals surface area contributed by atoms with Crippen molar-refractivity contribution in [1.29, 1.82) is 0 Å². The first kappa shape index (κ1) is 17.8. The second-order valence-corrected chi connectivity index (χ2v) is 9.31. The van der Waals surface area contributed by atoms with Crippen molar-refractivity contribution in [3.05, 3.63) is 0 Å². The monoisotopic (exact) mass is 365 g/mol. The predicted molar refractivity (Wildman–Crippen MR) is 101 cm³/mol. The van der Waals surface area contributed by atoms with E-state index in [0.717, 1.165) is 44.8 Å². The summed E-state index contributed by atoms with van der Waals surface area (Å²) in [6.45, 7) is 4.45. The number of rotatable bonds is 0. The molecule has 4 saturated heterocycles. The zero-order valence-corrected chi connectivity index (χ0v) is 16.0. The van der Waals surface area contributed by atoms with Gasteiger partial charge < -0.3 is 5.32 Å². The van der Waals surface area contributed by atoms with Gasteiger partial charge >= 0.3 is 0 Å². The molecule has 0 spiro atoms. The smallest absolute Gasteiger partial charge is 0.100 e. The quantitative estimate of drug-likeness (QED) is 0.611. The van der Waals surface area contributed by atoms with Gasteiger partial charge in [0, 0.05) is 19.1 Å². The molecular weight excluding hydrogens is 329 g/mol. The minimum absolute atomic E-state index is 0.395. The maximum absolute atomic E-state index is 14.3. The van der Waals surface area contributed by atoms with Gasteiger partial charge in [-0.3, -0.25) is 15.6 Å². The molecule has 1 saturated carbocycles. The molecule has 5 nitrogen and oxygen atoms in total. The fourth-order valence-corrected chi connectivity index (χ4v) is 6.58. The van der Waals surface area contributed by atoms with Gasteiger partial charge in [-0.05, 0) is 69.9 Å². The number of nitrogens with one attached hydrogen (secondary N) is 3. The molecule has 0 aromatic carbocycles. The third-order valence-electron chi connectivity index (χ3n) is 7.87.